The molecule has 5 heteroatoms. The van der Waals surface area contributed by atoms with E-state index in [2.05, 4.69) is 11.1 Å². The normalized spacial score (nSPS) is 16.7. The number of hydrogen-bond donors (Lipinski definition) is 3. The van der Waals surface area contributed by atoms with Crippen LogP contribution in [0.2, 0.25) is 0 Å². The monoisotopic (exact) mass is 303 g/mol. The maximum atomic E-state index is 9.85. The number of nitrogens with zero attached hydrogens (tertiary/aromatic N) is 1. The van der Waals surface area contributed by atoms with Gasteiger partial charge in [0.15, 0.2) is 0 Å². The SMILES string of the molecule is N#CC1=C(N)Oc2ccc(O)cc2C1c1c[nH]c2ccccc12. The van der Waals surface area contributed by atoms with Gasteiger partial charge in [0.05, 0.1) is 5.92 Å². The molecule has 0 aliphatic carbocycles. The van der Waals surface area contributed by atoms with Gasteiger partial charge >= 0.3 is 0 Å². The highest BCUT2D eigenvalue weighted by Crippen LogP contribution is 2.45. The first-order chi connectivity index (χ1) is 11.2. The van der Waals surface area contributed by atoms with Crippen LogP contribution in [-0.2, 0) is 0 Å². The van der Waals surface area contributed by atoms with Crippen molar-refractivity contribution in [2.24, 2.45) is 5.73 Å². The molecule has 1 aromatic heterocycles. The summed E-state index contributed by atoms with van der Waals surface area (Å²) in [6.07, 6.45) is 1.87. The lowest BCUT2D eigenvalue weighted by Gasteiger charge is -2.26. The van der Waals surface area contributed by atoms with Gasteiger partial charge in [-0.15, -0.1) is 0 Å². The van der Waals surface area contributed by atoms with Crippen molar-refractivity contribution in [3.05, 3.63) is 71.2 Å². The minimum Gasteiger partial charge on any atom is -0.508 e. The fourth-order valence-electron chi connectivity index (χ4n) is 3.10. The summed E-state index contributed by atoms with van der Waals surface area (Å²) in [4.78, 5) is 3.21. The largest absolute Gasteiger partial charge is 0.508 e. The van der Waals surface area contributed by atoms with Gasteiger partial charge in [0.1, 0.15) is 23.1 Å². The van der Waals surface area contributed by atoms with Gasteiger partial charge in [-0.25, -0.2) is 0 Å². The van der Waals surface area contributed by atoms with Gasteiger partial charge in [-0.1, -0.05) is 18.2 Å². The Morgan fingerprint density at radius 2 is 2.00 bits per heavy atom. The second kappa shape index (κ2) is 4.82. The van der Waals surface area contributed by atoms with E-state index in [-0.39, 0.29) is 17.6 Å². The molecule has 1 aliphatic heterocycles. The predicted octanol–water partition coefficient (Wildman–Crippen LogP) is 3.09. The van der Waals surface area contributed by atoms with Crippen LogP contribution in [0.1, 0.15) is 17.0 Å². The molecular formula is C18H13N3O2. The van der Waals surface area contributed by atoms with Gasteiger partial charge in [-0.05, 0) is 29.8 Å². The third-order valence-corrected chi connectivity index (χ3v) is 4.13. The first kappa shape index (κ1) is 13.3. The summed E-state index contributed by atoms with van der Waals surface area (Å²) in [5.74, 6) is 0.387. The lowest BCUT2D eigenvalue weighted by atomic mass is 9.83. The van der Waals surface area contributed by atoms with Gasteiger partial charge in [-0.3, -0.25) is 0 Å². The number of phenols is 1. The molecule has 0 saturated carbocycles. The van der Waals surface area contributed by atoms with Crippen molar-refractivity contribution in [3.8, 4) is 17.6 Å². The number of nitrogens with one attached hydrogen (secondary N) is 1. The van der Waals surface area contributed by atoms with Crippen LogP contribution >= 0.6 is 0 Å². The highest BCUT2D eigenvalue weighted by Gasteiger charge is 2.32. The van der Waals surface area contributed by atoms with Gasteiger partial charge < -0.3 is 20.6 Å². The number of allylic oxidation sites excluding steroid dienone is 1. The van der Waals surface area contributed by atoms with Crippen LogP contribution < -0.4 is 10.5 Å². The number of fused-ring (bicyclic) bond motifs is 2. The Balaban J connectivity index is 2.02. The van der Waals surface area contributed by atoms with E-state index in [0.29, 0.717) is 11.3 Å². The standard InChI is InChI=1S/C18H13N3O2/c19-8-13-17(14-9-21-15-4-2-1-3-11(14)15)12-7-10(22)5-6-16(12)23-18(13)20/h1-7,9,17,21-22H,20H2. The van der Waals surface area contributed by atoms with Gasteiger partial charge in [-0.2, -0.15) is 5.26 Å². The number of para-hydroxylation sites is 1. The van der Waals surface area contributed by atoms with Crippen molar-refractivity contribution >= 4 is 10.9 Å². The number of nitriles is 1. The molecule has 1 unspecified atom stereocenters. The Labute approximate surface area is 132 Å². The summed E-state index contributed by atoms with van der Waals surface area (Å²) in [5.41, 5.74) is 8.91. The van der Waals surface area contributed by atoms with E-state index < -0.39 is 0 Å². The zero-order chi connectivity index (χ0) is 16.0. The van der Waals surface area contributed by atoms with Gasteiger partial charge in [0.2, 0.25) is 5.88 Å². The maximum Gasteiger partial charge on any atom is 0.205 e. The van der Waals surface area contributed by atoms with E-state index in [1.165, 1.54) is 6.07 Å². The molecule has 0 radical (unpaired) electrons. The maximum absolute atomic E-state index is 9.85. The predicted molar refractivity (Wildman–Crippen MR) is 85.7 cm³/mol. The number of rotatable bonds is 1. The van der Waals surface area contributed by atoms with Crippen molar-refractivity contribution in [3.63, 3.8) is 0 Å². The molecule has 2 heterocycles. The van der Waals surface area contributed by atoms with Crippen LogP contribution in [0.25, 0.3) is 10.9 Å². The molecule has 3 aromatic rings. The molecule has 0 amide bonds. The van der Waals surface area contributed by atoms with Crippen molar-refractivity contribution in [1.29, 1.82) is 5.26 Å². The van der Waals surface area contributed by atoms with E-state index in [0.717, 1.165) is 22.0 Å². The highest BCUT2D eigenvalue weighted by atomic mass is 16.5. The topological polar surface area (TPSA) is 95.1 Å². The quantitative estimate of drug-likeness (QED) is 0.643. The summed E-state index contributed by atoms with van der Waals surface area (Å²) in [5, 5.41) is 20.4. The zero-order valence-corrected chi connectivity index (χ0v) is 12.1. The fourth-order valence-corrected chi connectivity index (χ4v) is 3.10. The van der Waals surface area contributed by atoms with Crippen LogP contribution in [0, 0.1) is 11.3 Å². The van der Waals surface area contributed by atoms with E-state index in [1.54, 1.807) is 12.1 Å². The van der Waals surface area contributed by atoms with Crippen LogP contribution in [0.5, 0.6) is 11.5 Å². The number of phenolic OH excluding ortho intramolecular Hbond substituents is 1. The minimum atomic E-state index is -0.382. The number of aromatic nitrogens is 1. The molecular weight excluding hydrogens is 290 g/mol. The molecule has 0 fully saturated rings. The number of aromatic amines is 1. The smallest absolute Gasteiger partial charge is 0.205 e. The highest BCUT2D eigenvalue weighted by molar-refractivity contribution is 5.85. The summed E-state index contributed by atoms with van der Waals surface area (Å²) < 4.78 is 5.54. The Morgan fingerprint density at radius 3 is 2.83 bits per heavy atom. The third-order valence-electron chi connectivity index (χ3n) is 4.13. The molecule has 1 atom stereocenters. The molecule has 0 saturated heterocycles. The van der Waals surface area contributed by atoms with E-state index in [9.17, 15) is 10.4 Å². The van der Waals surface area contributed by atoms with E-state index >= 15 is 0 Å². The van der Waals surface area contributed by atoms with Crippen LogP contribution in [0.3, 0.4) is 0 Å². The summed E-state index contributed by atoms with van der Waals surface area (Å²) >= 11 is 0. The number of benzene rings is 2. The molecule has 0 bridgehead atoms. The lowest BCUT2D eigenvalue weighted by molar-refractivity contribution is 0.391. The second-order valence-corrected chi connectivity index (χ2v) is 5.44. The summed E-state index contributed by atoms with van der Waals surface area (Å²) in [7, 11) is 0. The first-order valence-corrected chi connectivity index (χ1v) is 7.15. The van der Waals surface area contributed by atoms with Crippen molar-refractivity contribution in [2.75, 3.05) is 0 Å². The third kappa shape index (κ3) is 1.93. The van der Waals surface area contributed by atoms with Crippen molar-refractivity contribution < 1.29 is 9.84 Å². The lowest BCUT2D eigenvalue weighted by Crippen LogP contribution is -2.20. The Kier molecular flexibility index (Phi) is 2.78. The molecule has 23 heavy (non-hydrogen) atoms. The Bertz CT molecular complexity index is 995. The number of nitrogens with two attached hydrogens (primary N) is 1. The average Bonchev–Trinajstić information content (AvgIpc) is 2.98. The Morgan fingerprint density at radius 1 is 1.17 bits per heavy atom. The summed E-state index contributed by atoms with van der Waals surface area (Å²) in [6.45, 7) is 0. The molecule has 112 valence electrons. The fraction of sp³-hybridized carbons (Fsp3) is 0.0556. The van der Waals surface area contributed by atoms with Crippen LogP contribution in [0.4, 0.5) is 0 Å². The molecule has 1 aliphatic rings. The van der Waals surface area contributed by atoms with Crippen molar-refractivity contribution in [1.82, 2.24) is 4.98 Å². The first-order valence-electron chi connectivity index (χ1n) is 7.15. The number of ether oxygens (including phenoxy) is 1. The van der Waals surface area contributed by atoms with Crippen LogP contribution in [0.15, 0.2) is 60.1 Å². The average molecular weight is 303 g/mol. The number of aromatic hydroxyl groups is 1. The number of H-pyrrole nitrogens is 1. The second-order valence-electron chi connectivity index (χ2n) is 5.44. The molecule has 4 N–H and O–H groups in total. The molecule has 2 aromatic carbocycles. The van der Waals surface area contributed by atoms with Gasteiger partial charge in [0.25, 0.3) is 0 Å². The van der Waals surface area contributed by atoms with Crippen LogP contribution in [-0.4, -0.2) is 10.1 Å². The molecule has 5 nitrogen and oxygen atoms in total. The van der Waals surface area contributed by atoms with E-state index in [4.69, 9.17) is 10.5 Å². The minimum absolute atomic E-state index is 0.0981. The summed E-state index contributed by atoms with van der Waals surface area (Å²) in [6, 6.07) is 14.8. The molecule has 0 spiro atoms. The molecule has 4 rings (SSSR count). The van der Waals surface area contributed by atoms with Crippen molar-refractivity contribution in [2.45, 2.75) is 5.92 Å². The number of hydrogen-bond acceptors (Lipinski definition) is 4. The Hall–Kier alpha value is -3.39. The van der Waals surface area contributed by atoms with E-state index in [1.807, 2.05) is 30.5 Å². The zero-order valence-electron chi connectivity index (χ0n) is 12.1. The van der Waals surface area contributed by atoms with Gasteiger partial charge in [0, 0.05) is 22.7 Å².